The average Bonchev–Trinajstić information content (AvgIpc) is 2.18. The van der Waals surface area contributed by atoms with Crippen molar-refractivity contribution >= 4 is 30.1 Å². The lowest BCUT2D eigenvalue weighted by atomic mass is 10.2. The second-order valence-corrected chi connectivity index (χ2v) is 3.97. The Labute approximate surface area is 85.5 Å². The van der Waals surface area contributed by atoms with E-state index in [2.05, 4.69) is 17.8 Å². The number of rotatable bonds is 3. The van der Waals surface area contributed by atoms with Gasteiger partial charge >= 0.3 is 0 Å². The minimum absolute atomic E-state index is 0.320. The van der Waals surface area contributed by atoms with Gasteiger partial charge in [0.1, 0.15) is 11.1 Å². The lowest BCUT2D eigenvalue weighted by Gasteiger charge is -2.06. The van der Waals surface area contributed by atoms with Crippen LogP contribution in [-0.4, -0.2) is 0 Å². The normalized spacial score (nSPS) is 11.7. The molecule has 13 heavy (non-hydrogen) atoms. The van der Waals surface area contributed by atoms with Gasteiger partial charge in [-0.1, -0.05) is 18.2 Å². The molecular formula is C8H6N2OS2. The van der Waals surface area contributed by atoms with E-state index < -0.39 is 0 Å². The molecule has 0 fully saturated rings. The summed E-state index contributed by atoms with van der Waals surface area (Å²) in [7, 11) is 0. The number of hydrogen-bond acceptors (Lipinski definition) is 5. The largest absolute Gasteiger partial charge is 0.185 e. The Kier molecular flexibility index (Phi) is 3.80. The Bertz CT molecular complexity index is 348. The molecule has 3 nitrogen and oxygen atoms in total. The summed E-state index contributed by atoms with van der Waals surface area (Å²) in [4.78, 5) is 10.4. The number of benzene rings is 1. The van der Waals surface area contributed by atoms with Crippen LogP contribution in [0.25, 0.3) is 0 Å². The first-order chi connectivity index (χ1) is 6.29. The lowest BCUT2D eigenvalue weighted by molar-refractivity contribution is 1.34. The molecule has 0 N–H and O–H groups in total. The number of thiocyanates is 1. The summed E-state index contributed by atoms with van der Waals surface area (Å²) in [5.41, 5.74) is 1.01. The smallest absolute Gasteiger partial charge is 0.134 e. The quantitative estimate of drug-likeness (QED) is 0.360. The molecule has 1 rings (SSSR count). The fourth-order valence-corrected chi connectivity index (χ4v) is 1.68. The Morgan fingerprint density at radius 2 is 2.23 bits per heavy atom. The fraction of sp³-hybridized carbons (Fsp3) is 0.125. The number of thioether (sulfide) groups is 1. The minimum atomic E-state index is -0.320. The predicted molar refractivity (Wildman–Crippen MR) is 56.8 cm³/mol. The number of hydrogen-bond donors (Lipinski definition) is 1. The van der Waals surface area contributed by atoms with Crippen molar-refractivity contribution in [1.82, 2.24) is 0 Å². The first-order valence-electron chi connectivity index (χ1n) is 3.44. The van der Waals surface area contributed by atoms with Crippen molar-refractivity contribution in [3.05, 3.63) is 34.7 Å². The van der Waals surface area contributed by atoms with Crippen LogP contribution in [0.1, 0.15) is 10.1 Å². The molecular weight excluding hydrogens is 204 g/mol. The topological polar surface area (TPSA) is 53.2 Å². The number of thiol groups is 1. The summed E-state index contributed by atoms with van der Waals surface area (Å²) in [5.74, 6) is 0. The summed E-state index contributed by atoms with van der Waals surface area (Å²) in [6.07, 6.45) is 0. The minimum Gasteiger partial charge on any atom is -0.185 e. The van der Waals surface area contributed by atoms with Crippen LogP contribution in [0, 0.1) is 15.6 Å². The highest BCUT2D eigenvalue weighted by atomic mass is 32.2. The van der Waals surface area contributed by atoms with Gasteiger partial charge in [0.05, 0.1) is 4.58 Å². The molecule has 0 heterocycles. The van der Waals surface area contributed by atoms with E-state index in [1.165, 1.54) is 0 Å². The molecule has 0 aliphatic rings. The second-order valence-electron chi connectivity index (χ2n) is 2.21. The highest BCUT2D eigenvalue weighted by Gasteiger charge is 2.11. The van der Waals surface area contributed by atoms with Crippen molar-refractivity contribution < 1.29 is 0 Å². The van der Waals surface area contributed by atoms with Crippen molar-refractivity contribution in [2.75, 3.05) is 0 Å². The van der Waals surface area contributed by atoms with Gasteiger partial charge in [-0.15, -0.1) is 4.91 Å². The molecule has 1 aromatic carbocycles. The van der Waals surface area contributed by atoms with Gasteiger partial charge in [0, 0.05) is 5.56 Å². The Morgan fingerprint density at radius 3 is 2.85 bits per heavy atom. The van der Waals surface area contributed by atoms with Crippen molar-refractivity contribution in [3.63, 3.8) is 0 Å². The third-order valence-electron chi connectivity index (χ3n) is 1.47. The van der Waals surface area contributed by atoms with Crippen LogP contribution in [0.4, 0.5) is 5.69 Å². The van der Waals surface area contributed by atoms with Gasteiger partial charge in [0.2, 0.25) is 0 Å². The van der Waals surface area contributed by atoms with E-state index in [1.54, 1.807) is 24.3 Å². The molecule has 0 amide bonds. The zero-order valence-electron chi connectivity index (χ0n) is 6.54. The zero-order valence-corrected chi connectivity index (χ0v) is 8.26. The Balaban J connectivity index is 2.99. The zero-order chi connectivity index (χ0) is 9.68. The second kappa shape index (κ2) is 4.90. The lowest BCUT2D eigenvalue weighted by Crippen LogP contribution is -1.83. The van der Waals surface area contributed by atoms with Gasteiger partial charge < -0.3 is 0 Å². The summed E-state index contributed by atoms with van der Waals surface area (Å²) in [6.45, 7) is 0. The van der Waals surface area contributed by atoms with Gasteiger partial charge in [-0.05, 0) is 23.0 Å². The molecule has 1 atom stereocenters. The van der Waals surface area contributed by atoms with Crippen LogP contribution in [0.15, 0.2) is 29.4 Å². The van der Waals surface area contributed by atoms with E-state index in [-0.39, 0.29) is 4.58 Å². The first-order valence-corrected chi connectivity index (χ1v) is 4.84. The average molecular weight is 210 g/mol. The van der Waals surface area contributed by atoms with Gasteiger partial charge in [-0.3, -0.25) is 0 Å². The highest BCUT2D eigenvalue weighted by Crippen LogP contribution is 2.36. The van der Waals surface area contributed by atoms with E-state index in [0.717, 1.165) is 11.8 Å². The van der Waals surface area contributed by atoms with E-state index >= 15 is 0 Å². The van der Waals surface area contributed by atoms with Crippen molar-refractivity contribution in [2.24, 2.45) is 5.18 Å². The predicted octanol–water partition coefficient (Wildman–Crippen LogP) is 3.23. The van der Waals surface area contributed by atoms with Crippen LogP contribution in [0.5, 0.6) is 0 Å². The van der Waals surface area contributed by atoms with E-state index in [1.807, 2.05) is 5.40 Å². The molecule has 1 unspecified atom stereocenters. The van der Waals surface area contributed by atoms with Crippen LogP contribution >= 0.6 is 24.4 Å². The SMILES string of the molecule is N#CSC(S)c1ccccc1N=O. The molecule has 0 aliphatic heterocycles. The maximum atomic E-state index is 10.4. The maximum absolute atomic E-state index is 10.4. The Hall–Kier alpha value is -0.990. The standard InChI is InChI=1S/C8H6N2OS2/c9-5-13-8(12)6-3-1-2-4-7(6)10-11/h1-4,8,12H. The number of nitroso groups, excluding NO2 is 1. The maximum Gasteiger partial charge on any atom is 0.134 e. The van der Waals surface area contributed by atoms with E-state index in [4.69, 9.17) is 5.26 Å². The van der Waals surface area contributed by atoms with Crippen molar-refractivity contribution in [3.8, 4) is 5.40 Å². The number of nitrogens with zero attached hydrogens (tertiary/aromatic N) is 2. The summed E-state index contributed by atoms with van der Waals surface area (Å²) >= 11 is 5.15. The molecule has 0 radical (unpaired) electrons. The van der Waals surface area contributed by atoms with Gasteiger partial charge in [0.25, 0.3) is 0 Å². The van der Waals surface area contributed by atoms with E-state index in [0.29, 0.717) is 11.3 Å². The molecule has 0 bridgehead atoms. The molecule has 0 saturated carbocycles. The van der Waals surface area contributed by atoms with Crippen LogP contribution in [0.2, 0.25) is 0 Å². The van der Waals surface area contributed by atoms with Crippen molar-refractivity contribution in [1.29, 1.82) is 5.26 Å². The third kappa shape index (κ3) is 2.47. The molecule has 0 aromatic heterocycles. The first kappa shape index (κ1) is 10.1. The van der Waals surface area contributed by atoms with E-state index in [9.17, 15) is 4.91 Å². The Morgan fingerprint density at radius 1 is 1.54 bits per heavy atom. The molecule has 0 spiro atoms. The van der Waals surface area contributed by atoms with Gasteiger partial charge in [-0.2, -0.15) is 17.9 Å². The summed E-state index contributed by atoms with van der Waals surface area (Å²) < 4.78 is -0.320. The molecule has 0 aliphatic carbocycles. The summed E-state index contributed by atoms with van der Waals surface area (Å²) in [6, 6.07) is 6.84. The molecule has 5 heteroatoms. The summed E-state index contributed by atoms with van der Waals surface area (Å²) in [5, 5.41) is 13.2. The molecule has 66 valence electrons. The van der Waals surface area contributed by atoms with Crippen LogP contribution < -0.4 is 0 Å². The van der Waals surface area contributed by atoms with Gasteiger partial charge in [-0.25, -0.2) is 0 Å². The van der Waals surface area contributed by atoms with Crippen LogP contribution in [-0.2, 0) is 0 Å². The molecule has 0 saturated heterocycles. The molecule has 1 aromatic rings. The monoisotopic (exact) mass is 210 g/mol. The number of nitriles is 1. The van der Waals surface area contributed by atoms with Gasteiger partial charge in [0.15, 0.2) is 0 Å². The fourth-order valence-electron chi connectivity index (χ4n) is 0.893. The third-order valence-corrected chi connectivity index (χ3v) is 2.64. The highest BCUT2D eigenvalue weighted by molar-refractivity contribution is 8.12. The van der Waals surface area contributed by atoms with Crippen LogP contribution in [0.3, 0.4) is 0 Å². The van der Waals surface area contributed by atoms with Crippen molar-refractivity contribution in [2.45, 2.75) is 4.58 Å².